The van der Waals surface area contributed by atoms with Gasteiger partial charge in [0.2, 0.25) is 0 Å². The van der Waals surface area contributed by atoms with Crippen LogP contribution in [0.3, 0.4) is 0 Å². The Labute approximate surface area is 130 Å². The lowest BCUT2D eigenvalue weighted by molar-refractivity contribution is -0.139. The number of anilines is 1. The first kappa shape index (κ1) is 17.3. The Bertz CT molecular complexity index is 509. The summed E-state index contributed by atoms with van der Waals surface area (Å²) in [5.41, 5.74) is 0.576. The Kier molecular flexibility index (Phi) is 6.97. The van der Waals surface area contributed by atoms with Crippen molar-refractivity contribution in [3.8, 4) is 5.75 Å². The highest BCUT2D eigenvalue weighted by Gasteiger charge is 2.13. The molecule has 0 heterocycles. The van der Waals surface area contributed by atoms with Crippen molar-refractivity contribution in [1.29, 1.82) is 0 Å². The second-order valence-electron chi connectivity index (χ2n) is 4.14. The van der Waals surface area contributed by atoms with Crippen molar-refractivity contribution in [3.63, 3.8) is 0 Å². The molecule has 0 aliphatic heterocycles. The lowest BCUT2D eigenvalue weighted by Gasteiger charge is -2.14. The number of halogens is 1. The number of rotatable bonds is 7. The van der Waals surface area contributed by atoms with E-state index in [1.54, 1.807) is 25.3 Å². The maximum Gasteiger partial charge on any atom is 0.319 e. The van der Waals surface area contributed by atoms with E-state index in [2.05, 4.69) is 26.6 Å². The van der Waals surface area contributed by atoms with E-state index in [1.165, 1.54) is 7.11 Å². The van der Waals surface area contributed by atoms with E-state index in [4.69, 9.17) is 14.6 Å². The fraction of sp³-hybridized carbons (Fsp3) is 0.385. The van der Waals surface area contributed by atoms with Crippen LogP contribution in [-0.2, 0) is 9.53 Å². The van der Waals surface area contributed by atoms with Crippen LogP contribution in [0.25, 0.3) is 0 Å². The van der Waals surface area contributed by atoms with Crippen molar-refractivity contribution in [2.75, 3.05) is 26.1 Å². The number of methoxy groups -OCH3 is 2. The van der Waals surface area contributed by atoms with E-state index in [0.717, 1.165) is 0 Å². The zero-order valence-electron chi connectivity index (χ0n) is 11.7. The predicted octanol–water partition coefficient (Wildman–Crippen LogP) is 2.07. The Morgan fingerprint density at radius 3 is 2.62 bits per heavy atom. The highest BCUT2D eigenvalue weighted by atomic mass is 79.9. The molecule has 1 aromatic carbocycles. The van der Waals surface area contributed by atoms with Gasteiger partial charge in [-0.25, -0.2) is 4.79 Å². The molecule has 0 aliphatic carbocycles. The summed E-state index contributed by atoms with van der Waals surface area (Å²) in [6.07, 6.45) is -0.749. The molecule has 0 radical (unpaired) electrons. The number of carboxylic acids is 1. The van der Waals surface area contributed by atoms with Gasteiger partial charge < -0.3 is 25.2 Å². The van der Waals surface area contributed by atoms with Gasteiger partial charge in [-0.15, -0.1) is 0 Å². The van der Waals surface area contributed by atoms with Gasteiger partial charge in [0.15, 0.2) is 0 Å². The number of hydrogen-bond acceptors (Lipinski definition) is 4. The van der Waals surface area contributed by atoms with E-state index >= 15 is 0 Å². The zero-order valence-corrected chi connectivity index (χ0v) is 13.3. The predicted molar refractivity (Wildman–Crippen MR) is 80.8 cm³/mol. The average Bonchev–Trinajstić information content (AvgIpc) is 2.43. The minimum Gasteiger partial charge on any atom is -0.496 e. The molecule has 1 rings (SSSR count). The van der Waals surface area contributed by atoms with Crippen LogP contribution in [0, 0.1) is 0 Å². The lowest BCUT2D eigenvalue weighted by Crippen LogP contribution is -2.37. The summed E-state index contributed by atoms with van der Waals surface area (Å²) in [5.74, 6) is -0.329. The van der Waals surface area contributed by atoms with E-state index < -0.39 is 18.1 Å². The third-order valence-corrected chi connectivity index (χ3v) is 3.26. The maximum atomic E-state index is 11.7. The molecular formula is C13H17BrN2O5. The summed E-state index contributed by atoms with van der Waals surface area (Å²) in [6, 6.07) is 4.65. The van der Waals surface area contributed by atoms with Gasteiger partial charge in [-0.3, -0.25) is 4.79 Å². The number of hydrogen-bond donors (Lipinski definition) is 3. The van der Waals surface area contributed by atoms with Crippen LogP contribution in [0.5, 0.6) is 5.75 Å². The fourth-order valence-electron chi connectivity index (χ4n) is 1.56. The van der Waals surface area contributed by atoms with Gasteiger partial charge in [-0.2, -0.15) is 0 Å². The molecule has 116 valence electrons. The Balaban J connectivity index is 2.50. The molecule has 0 spiro atoms. The molecule has 21 heavy (non-hydrogen) atoms. The van der Waals surface area contributed by atoms with Crippen molar-refractivity contribution in [3.05, 3.63) is 22.7 Å². The summed E-state index contributed by atoms with van der Waals surface area (Å²) in [4.78, 5) is 22.3. The lowest BCUT2D eigenvalue weighted by atomic mass is 10.2. The molecule has 0 fully saturated rings. The van der Waals surface area contributed by atoms with E-state index in [-0.39, 0.29) is 13.0 Å². The largest absolute Gasteiger partial charge is 0.496 e. The van der Waals surface area contributed by atoms with Crippen molar-refractivity contribution in [1.82, 2.24) is 5.32 Å². The van der Waals surface area contributed by atoms with Gasteiger partial charge in [-0.1, -0.05) is 0 Å². The fourth-order valence-corrected chi connectivity index (χ4v) is 2.10. The third kappa shape index (κ3) is 6.01. The van der Waals surface area contributed by atoms with Crippen LogP contribution in [0.15, 0.2) is 22.7 Å². The topological polar surface area (TPSA) is 96.9 Å². The number of carbonyl (C=O) groups excluding carboxylic acids is 1. The summed E-state index contributed by atoms with van der Waals surface area (Å²) in [6.45, 7) is 0.103. The smallest absolute Gasteiger partial charge is 0.319 e. The van der Waals surface area contributed by atoms with Gasteiger partial charge in [0.25, 0.3) is 0 Å². The van der Waals surface area contributed by atoms with Gasteiger partial charge in [0, 0.05) is 19.3 Å². The van der Waals surface area contributed by atoms with Crippen molar-refractivity contribution in [2.45, 2.75) is 12.5 Å². The average molecular weight is 361 g/mol. The molecular weight excluding hydrogens is 344 g/mol. The minimum atomic E-state index is -0.983. The second kappa shape index (κ2) is 8.48. The molecule has 8 heteroatoms. The van der Waals surface area contributed by atoms with E-state index in [9.17, 15) is 9.59 Å². The van der Waals surface area contributed by atoms with Gasteiger partial charge in [-0.05, 0) is 34.1 Å². The summed E-state index contributed by atoms with van der Waals surface area (Å²) in [5, 5.41) is 13.8. The van der Waals surface area contributed by atoms with Gasteiger partial charge in [0.1, 0.15) is 5.75 Å². The number of carbonyl (C=O) groups is 2. The van der Waals surface area contributed by atoms with Crippen LogP contribution in [0.2, 0.25) is 0 Å². The number of aliphatic carboxylic acids is 1. The number of benzene rings is 1. The van der Waals surface area contributed by atoms with Crippen molar-refractivity contribution >= 4 is 33.6 Å². The van der Waals surface area contributed by atoms with Gasteiger partial charge in [0.05, 0.1) is 24.1 Å². The quantitative estimate of drug-likeness (QED) is 0.691. The molecule has 0 saturated heterocycles. The molecule has 1 atom stereocenters. The molecule has 0 aromatic heterocycles. The third-order valence-electron chi connectivity index (χ3n) is 2.64. The molecule has 1 aromatic rings. The van der Waals surface area contributed by atoms with Gasteiger partial charge >= 0.3 is 12.0 Å². The first-order valence-electron chi connectivity index (χ1n) is 6.09. The Morgan fingerprint density at radius 1 is 1.38 bits per heavy atom. The van der Waals surface area contributed by atoms with E-state index in [0.29, 0.717) is 15.9 Å². The first-order valence-corrected chi connectivity index (χ1v) is 6.88. The van der Waals surface area contributed by atoms with Crippen LogP contribution in [-0.4, -0.2) is 44.0 Å². The molecule has 0 aliphatic rings. The molecule has 3 N–H and O–H groups in total. The number of urea groups is 1. The molecule has 0 saturated carbocycles. The molecule has 0 bridgehead atoms. The highest BCUT2D eigenvalue weighted by Crippen LogP contribution is 2.27. The van der Waals surface area contributed by atoms with Crippen LogP contribution < -0.4 is 15.4 Å². The monoisotopic (exact) mass is 360 g/mol. The summed E-state index contributed by atoms with van der Waals surface area (Å²) < 4.78 is 10.8. The Morgan fingerprint density at radius 2 is 2.10 bits per heavy atom. The van der Waals surface area contributed by atoms with Crippen LogP contribution >= 0.6 is 15.9 Å². The highest BCUT2D eigenvalue weighted by molar-refractivity contribution is 9.10. The number of ether oxygens (including phenoxy) is 2. The van der Waals surface area contributed by atoms with Crippen molar-refractivity contribution < 1.29 is 24.2 Å². The maximum absolute atomic E-state index is 11.7. The molecule has 1 unspecified atom stereocenters. The number of carboxylic acid groups (broad SMARTS) is 1. The standard InChI is InChI=1S/C13H17BrN2O5/c1-20-9(6-12(17)18)7-15-13(19)16-8-3-4-11(21-2)10(14)5-8/h3-5,9H,6-7H2,1-2H3,(H,17,18)(H2,15,16,19). The molecule has 2 amide bonds. The second-order valence-corrected chi connectivity index (χ2v) is 4.99. The summed E-state index contributed by atoms with van der Waals surface area (Å²) >= 11 is 3.32. The van der Waals surface area contributed by atoms with E-state index in [1.807, 2.05) is 0 Å². The Hall–Kier alpha value is -1.80. The number of nitrogens with one attached hydrogen (secondary N) is 2. The molecule has 7 nitrogen and oxygen atoms in total. The number of amides is 2. The zero-order chi connectivity index (χ0) is 15.8. The van der Waals surface area contributed by atoms with Crippen LogP contribution in [0.4, 0.5) is 10.5 Å². The summed E-state index contributed by atoms with van der Waals surface area (Å²) in [7, 11) is 2.95. The van der Waals surface area contributed by atoms with Crippen LogP contribution in [0.1, 0.15) is 6.42 Å². The first-order chi connectivity index (χ1) is 9.96. The minimum absolute atomic E-state index is 0.103. The van der Waals surface area contributed by atoms with Crippen molar-refractivity contribution in [2.24, 2.45) is 0 Å². The normalized spacial score (nSPS) is 11.6. The SMILES string of the molecule is COc1ccc(NC(=O)NCC(CC(=O)O)OC)cc1Br.